The minimum Gasteiger partial charge on any atom is -0.353 e. The number of rotatable bonds is 5. The Balaban J connectivity index is 1.64. The van der Waals surface area contributed by atoms with Gasteiger partial charge in [-0.15, -0.1) is 0 Å². The van der Waals surface area contributed by atoms with Crippen molar-refractivity contribution in [1.29, 1.82) is 0 Å². The molecule has 1 atom stereocenters. The van der Waals surface area contributed by atoms with Gasteiger partial charge in [-0.3, -0.25) is 9.59 Å². The molecule has 1 aromatic heterocycles. The van der Waals surface area contributed by atoms with E-state index < -0.39 is 24.4 Å². The fourth-order valence-electron chi connectivity index (χ4n) is 2.99. The Labute approximate surface area is 159 Å². The molecule has 0 aliphatic carbocycles. The minimum atomic E-state index is -4.53. The second-order valence-corrected chi connectivity index (χ2v) is 6.43. The minimum absolute atomic E-state index is 0.0435. The Hall–Kier alpha value is -3.10. The highest BCUT2D eigenvalue weighted by atomic mass is 19.4. The van der Waals surface area contributed by atoms with E-state index in [1.165, 1.54) is 30.5 Å². The molecule has 0 bridgehead atoms. The van der Waals surface area contributed by atoms with Gasteiger partial charge in [0, 0.05) is 19.5 Å². The van der Waals surface area contributed by atoms with E-state index >= 15 is 0 Å². The van der Waals surface area contributed by atoms with E-state index in [2.05, 4.69) is 15.6 Å². The molecule has 6 nitrogen and oxygen atoms in total. The van der Waals surface area contributed by atoms with Gasteiger partial charge in [0.2, 0.25) is 11.8 Å². The van der Waals surface area contributed by atoms with Gasteiger partial charge < -0.3 is 15.5 Å². The van der Waals surface area contributed by atoms with Crippen molar-refractivity contribution >= 4 is 23.3 Å². The van der Waals surface area contributed by atoms with Crippen LogP contribution in [0.15, 0.2) is 48.7 Å². The zero-order chi connectivity index (χ0) is 20.1. The van der Waals surface area contributed by atoms with Crippen LogP contribution in [0.2, 0.25) is 0 Å². The number of hydrogen-bond acceptors (Lipinski definition) is 4. The van der Waals surface area contributed by atoms with Gasteiger partial charge in [0.1, 0.15) is 5.82 Å². The van der Waals surface area contributed by atoms with Crippen molar-refractivity contribution in [3.05, 3.63) is 54.2 Å². The number of halogens is 3. The number of anilines is 2. The topological polar surface area (TPSA) is 74.3 Å². The summed E-state index contributed by atoms with van der Waals surface area (Å²) in [6.07, 6.45) is -3.89. The quantitative estimate of drug-likeness (QED) is 0.821. The number of aromatic nitrogens is 1. The van der Waals surface area contributed by atoms with Crippen LogP contribution in [0.5, 0.6) is 0 Å². The average molecular weight is 392 g/mol. The van der Waals surface area contributed by atoms with E-state index in [-0.39, 0.29) is 18.0 Å². The van der Waals surface area contributed by atoms with Gasteiger partial charge in [-0.25, -0.2) is 4.98 Å². The molecule has 3 rings (SSSR count). The van der Waals surface area contributed by atoms with E-state index in [4.69, 9.17) is 0 Å². The molecule has 1 aliphatic heterocycles. The van der Waals surface area contributed by atoms with Crippen molar-refractivity contribution in [1.82, 2.24) is 10.3 Å². The number of benzene rings is 1. The van der Waals surface area contributed by atoms with Crippen molar-refractivity contribution in [2.45, 2.75) is 18.5 Å². The predicted molar refractivity (Wildman–Crippen MR) is 97.9 cm³/mol. The average Bonchev–Trinajstić information content (AvgIpc) is 2.66. The number of nitrogens with one attached hydrogen (secondary N) is 2. The number of carbonyl (C=O) groups excluding carboxylic acids is 2. The van der Waals surface area contributed by atoms with Crippen LogP contribution in [0.4, 0.5) is 24.7 Å². The Morgan fingerprint density at radius 1 is 1.21 bits per heavy atom. The van der Waals surface area contributed by atoms with Crippen LogP contribution < -0.4 is 15.5 Å². The van der Waals surface area contributed by atoms with Crippen molar-refractivity contribution in [3.8, 4) is 0 Å². The largest absolute Gasteiger partial charge is 0.396 e. The second kappa shape index (κ2) is 8.28. The highest BCUT2D eigenvalue weighted by molar-refractivity contribution is 5.91. The molecule has 1 fully saturated rings. The van der Waals surface area contributed by atoms with Gasteiger partial charge in [0.25, 0.3) is 0 Å². The number of pyridine rings is 1. The first-order valence-electron chi connectivity index (χ1n) is 8.72. The molecule has 2 amide bonds. The molecule has 1 saturated heterocycles. The highest BCUT2D eigenvalue weighted by Crippen LogP contribution is 2.37. The molecule has 1 aromatic carbocycles. The second-order valence-electron chi connectivity index (χ2n) is 6.43. The summed E-state index contributed by atoms with van der Waals surface area (Å²) >= 11 is 0. The molecule has 1 aliphatic rings. The monoisotopic (exact) mass is 392 g/mol. The molecule has 2 N–H and O–H groups in total. The summed E-state index contributed by atoms with van der Waals surface area (Å²) in [6, 6.07) is 10.5. The Bertz CT molecular complexity index is 825. The van der Waals surface area contributed by atoms with Crippen LogP contribution in [0, 0.1) is 0 Å². The fourth-order valence-corrected chi connectivity index (χ4v) is 2.99. The summed E-state index contributed by atoms with van der Waals surface area (Å²) in [4.78, 5) is 29.6. The first kappa shape index (κ1) is 19.7. The maximum Gasteiger partial charge on any atom is 0.396 e. The molecule has 0 radical (unpaired) electrons. The lowest BCUT2D eigenvalue weighted by Crippen LogP contribution is -2.48. The van der Waals surface area contributed by atoms with Crippen molar-refractivity contribution in [2.24, 2.45) is 0 Å². The predicted octanol–water partition coefficient (Wildman–Crippen LogP) is 2.69. The number of alkyl halides is 3. The van der Waals surface area contributed by atoms with Gasteiger partial charge >= 0.3 is 6.18 Å². The first-order valence-corrected chi connectivity index (χ1v) is 8.72. The van der Waals surface area contributed by atoms with Crippen molar-refractivity contribution in [3.63, 3.8) is 0 Å². The third kappa shape index (κ3) is 4.99. The van der Waals surface area contributed by atoms with Crippen molar-refractivity contribution in [2.75, 3.05) is 29.9 Å². The summed E-state index contributed by atoms with van der Waals surface area (Å²) in [5.41, 5.74) is 0.339. The van der Waals surface area contributed by atoms with E-state index in [1.54, 1.807) is 23.1 Å². The number of amides is 2. The highest BCUT2D eigenvalue weighted by Gasteiger charge is 2.41. The number of nitrogens with zero attached hydrogens (tertiary/aromatic N) is 2. The van der Waals surface area contributed by atoms with Crippen LogP contribution in [0.1, 0.15) is 17.9 Å². The lowest BCUT2D eigenvalue weighted by atomic mass is 9.95. The van der Waals surface area contributed by atoms with E-state index in [0.29, 0.717) is 24.6 Å². The standard InChI is InChI=1S/C19H19F3N4O2/c20-19(21,22)15(13-4-2-1-3-5-13)10-17(27)25-14-6-7-16(24-11-14)26-9-8-23-18(28)12-26/h1-7,11,15H,8-10,12H2,(H,23,28)(H,25,27). The SMILES string of the molecule is O=C1CN(c2ccc(NC(=O)CC(c3ccccc3)C(F)(F)F)cn2)CCN1. The zero-order valence-electron chi connectivity index (χ0n) is 14.9. The van der Waals surface area contributed by atoms with Crippen LogP contribution >= 0.6 is 0 Å². The normalized spacial score (nSPS) is 15.7. The van der Waals surface area contributed by atoms with Crippen LogP contribution in [0.3, 0.4) is 0 Å². The van der Waals surface area contributed by atoms with Crippen molar-refractivity contribution < 1.29 is 22.8 Å². The molecule has 2 heterocycles. The Morgan fingerprint density at radius 2 is 1.96 bits per heavy atom. The lowest BCUT2D eigenvalue weighted by Gasteiger charge is -2.27. The van der Waals surface area contributed by atoms with Crippen LogP contribution in [0.25, 0.3) is 0 Å². The third-order valence-corrected chi connectivity index (χ3v) is 4.38. The summed E-state index contributed by atoms with van der Waals surface area (Å²) in [5.74, 6) is -2.18. The fraction of sp³-hybridized carbons (Fsp3) is 0.316. The molecule has 0 saturated carbocycles. The summed E-state index contributed by atoms with van der Waals surface area (Å²) in [7, 11) is 0. The smallest absolute Gasteiger partial charge is 0.353 e. The molecule has 2 aromatic rings. The number of carbonyl (C=O) groups is 2. The van der Waals surface area contributed by atoms with Gasteiger partial charge in [-0.1, -0.05) is 30.3 Å². The van der Waals surface area contributed by atoms with Gasteiger partial charge in [-0.05, 0) is 17.7 Å². The number of hydrogen-bond donors (Lipinski definition) is 2. The summed E-state index contributed by atoms with van der Waals surface area (Å²) < 4.78 is 40.1. The molecule has 1 unspecified atom stereocenters. The lowest BCUT2D eigenvalue weighted by molar-refractivity contribution is -0.155. The van der Waals surface area contributed by atoms with Gasteiger partial charge in [-0.2, -0.15) is 13.2 Å². The molecular weight excluding hydrogens is 373 g/mol. The van der Waals surface area contributed by atoms with E-state index in [0.717, 1.165) is 0 Å². The molecular formula is C19H19F3N4O2. The zero-order valence-corrected chi connectivity index (χ0v) is 14.9. The molecule has 9 heteroatoms. The molecule has 0 spiro atoms. The maximum absolute atomic E-state index is 13.4. The summed E-state index contributed by atoms with van der Waals surface area (Å²) in [6.45, 7) is 1.30. The maximum atomic E-state index is 13.4. The Morgan fingerprint density at radius 3 is 2.57 bits per heavy atom. The molecule has 28 heavy (non-hydrogen) atoms. The Kier molecular flexibility index (Phi) is 5.81. The van der Waals surface area contributed by atoms with E-state index in [1.807, 2.05) is 0 Å². The number of piperazine rings is 1. The van der Waals surface area contributed by atoms with Crippen LogP contribution in [-0.4, -0.2) is 42.6 Å². The van der Waals surface area contributed by atoms with Gasteiger partial charge in [0.15, 0.2) is 0 Å². The summed E-state index contributed by atoms with van der Waals surface area (Å²) in [5, 5.41) is 5.16. The van der Waals surface area contributed by atoms with Crippen LogP contribution in [-0.2, 0) is 9.59 Å². The molecule has 148 valence electrons. The third-order valence-electron chi connectivity index (χ3n) is 4.38. The first-order chi connectivity index (χ1) is 13.3. The van der Waals surface area contributed by atoms with Gasteiger partial charge in [0.05, 0.1) is 24.3 Å². The van der Waals surface area contributed by atoms with E-state index in [9.17, 15) is 22.8 Å².